The fraction of sp³-hybridized carbons (Fsp3) is 0.409. The molecule has 0 aliphatic heterocycles. The third-order valence-corrected chi connectivity index (χ3v) is 6.77. The van der Waals surface area contributed by atoms with Gasteiger partial charge >= 0.3 is 5.97 Å². The van der Waals surface area contributed by atoms with Crippen LogP contribution in [0.1, 0.15) is 55.1 Å². The Hall–Kier alpha value is -3.16. The number of esters is 1. The van der Waals surface area contributed by atoms with Crippen LogP contribution in [0, 0.1) is 11.3 Å². The summed E-state index contributed by atoms with van der Waals surface area (Å²) in [6, 6.07) is 10.7. The maximum absolute atomic E-state index is 12.5. The number of nitrogens with zero attached hydrogens (tertiary/aromatic N) is 1. The van der Waals surface area contributed by atoms with Crippen molar-refractivity contribution in [1.82, 2.24) is 10.0 Å². The number of nitrogens with one attached hydrogen (secondary N) is 2. The second-order valence-electron chi connectivity index (χ2n) is 7.72. The van der Waals surface area contributed by atoms with Crippen molar-refractivity contribution in [2.45, 2.75) is 62.1 Å². The van der Waals surface area contributed by atoms with E-state index in [0.29, 0.717) is 18.6 Å². The minimum absolute atomic E-state index is 0.00403. The van der Waals surface area contributed by atoms with Crippen molar-refractivity contribution in [3.8, 4) is 6.07 Å². The van der Waals surface area contributed by atoms with Crippen molar-refractivity contribution in [2.75, 3.05) is 0 Å². The lowest BCUT2D eigenvalue weighted by Gasteiger charge is -2.32. The van der Waals surface area contributed by atoms with Crippen molar-refractivity contribution in [1.29, 1.82) is 5.26 Å². The van der Waals surface area contributed by atoms with Gasteiger partial charge in [0.05, 0.1) is 29.3 Å². The van der Waals surface area contributed by atoms with Crippen LogP contribution in [0.5, 0.6) is 0 Å². The topological polar surface area (TPSA) is 138 Å². The van der Waals surface area contributed by atoms with Gasteiger partial charge in [0.25, 0.3) is 5.91 Å². The first-order valence-electron chi connectivity index (χ1n) is 10.3. The number of furan rings is 1. The molecule has 9 nitrogen and oxygen atoms in total. The van der Waals surface area contributed by atoms with E-state index in [-0.39, 0.29) is 17.0 Å². The number of amides is 1. The molecule has 32 heavy (non-hydrogen) atoms. The molecule has 0 bridgehead atoms. The van der Waals surface area contributed by atoms with Crippen LogP contribution >= 0.6 is 0 Å². The number of sulfonamides is 1. The summed E-state index contributed by atoms with van der Waals surface area (Å²) < 4.78 is 37.5. The largest absolute Gasteiger partial charge is 0.468 e. The van der Waals surface area contributed by atoms with E-state index >= 15 is 0 Å². The smallest absolute Gasteiger partial charge is 0.338 e. The van der Waals surface area contributed by atoms with Gasteiger partial charge in [-0.15, -0.1) is 0 Å². The van der Waals surface area contributed by atoms with Crippen molar-refractivity contribution in [3.05, 3.63) is 54.0 Å². The predicted octanol–water partition coefficient (Wildman–Crippen LogP) is 2.65. The fourth-order valence-corrected chi connectivity index (χ4v) is 4.47. The first-order chi connectivity index (χ1) is 15.2. The molecule has 1 atom stereocenters. The van der Waals surface area contributed by atoms with Gasteiger partial charge < -0.3 is 14.5 Å². The number of carbonyl (C=O) groups excluding carboxylic acids is 2. The molecule has 170 valence electrons. The summed E-state index contributed by atoms with van der Waals surface area (Å²) in [5.74, 6) is -0.842. The summed E-state index contributed by atoms with van der Waals surface area (Å²) in [6.45, 7) is 1.43. The molecule has 1 unspecified atom stereocenters. The van der Waals surface area contributed by atoms with Crippen LogP contribution in [0.25, 0.3) is 0 Å². The molecule has 0 saturated heterocycles. The van der Waals surface area contributed by atoms with Gasteiger partial charge in [-0.25, -0.2) is 17.9 Å². The maximum atomic E-state index is 12.5. The highest BCUT2D eigenvalue weighted by Crippen LogP contribution is 2.27. The molecule has 10 heteroatoms. The summed E-state index contributed by atoms with van der Waals surface area (Å²) in [5.41, 5.74) is -0.823. The van der Waals surface area contributed by atoms with Gasteiger partial charge in [-0.3, -0.25) is 4.79 Å². The van der Waals surface area contributed by atoms with Crippen molar-refractivity contribution < 1.29 is 27.2 Å². The summed E-state index contributed by atoms with van der Waals surface area (Å²) in [7, 11) is -3.80. The Bertz CT molecular complexity index is 1080. The van der Waals surface area contributed by atoms with Crippen LogP contribution in [-0.4, -0.2) is 31.9 Å². The number of hydrogen-bond acceptors (Lipinski definition) is 7. The van der Waals surface area contributed by atoms with Gasteiger partial charge in [0, 0.05) is 0 Å². The minimum atomic E-state index is -3.80. The predicted molar refractivity (Wildman–Crippen MR) is 114 cm³/mol. The Labute approximate surface area is 186 Å². The Morgan fingerprint density at radius 2 is 1.88 bits per heavy atom. The van der Waals surface area contributed by atoms with E-state index in [2.05, 4.69) is 16.1 Å². The van der Waals surface area contributed by atoms with Crippen LogP contribution in [0.15, 0.2) is 52.0 Å². The highest BCUT2D eigenvalue weighted by Gasteiger charge is 2.35. The average Bonchev–Trinajstić information content (AvgIpc) is 3.32. The zero-order valence-corrected chi connectivity index (χ0v) is 18.5. The number of benzene rings is 1. The summed E-state index contributed by atoms with van der Waals surface area (Å²) in [6.07, 6.45) is 4.21. The zero-order valence-electron chi connectivity index (χ0n) is 17.7. The molecule has 2 N–H and O–H groups in total. The maximum Gasteiger partial charge on any atom is 0.338 e. The lowest BCUT2D eigenvalue weighted by molar-refractivity contribution is -0.130. The van der Waals surface area contributed by atoms with E-state index in [9.17, 15) is 23.3 Å². The van der Waals surface area contributed by atoms with Gasteiger partial charge in [-0.05, 0) is 56.2 Å². The highest BCUT2D eigenvalue weighted by atomic mass is 32.2. The molecule has 1 fully saturated rings. The monoisotopic (exact) mass is 459 g/mol. The molecule has 1 aromatic carbocycles. The van der Waals surface area contributed by atoms with E-state index in [4.69, 9.17) is 9.15 Å². The van der Waals surface area contributed by atoms with Gasteiger partial charge in [0.1, 0.15) is 11.3 Å². The van der Waals surface area contributed by atoms with E-state index in [1.807, 2.05) is 0 Å². The normalized spacial score (nSPS) is 16.5. The lowest BCUT2D eigenvalue weighted by atomic mass is 9.83. The Morgan fingerprint density at radius 3 is 2.47 bits per heavy atom. The van der Waals surface area contributed by atoms with Crippen LogP contribution < -0.4 is 10.0 Å². The molecule has 1 saturated carbocycles. The highest BCUT2D eigenvalue weighted by molar-refractivity contribution is 7.89. The second-order valence-corrected chi connectivity index (χ2v) is 9.49. The molecule has 0 radical (unpaired) electrons. The van der Waals surface area contributed by atoms with Crippen molar-refractivity contribution >= 4 is 21.9 Å². The molecule has 1 amide bonds. The van der Waals surface area contributed by atoms with Gasteiger partial charge in [0.2, 0.25) is 10.0 Å². The standard InChI is InChI=1S/C22H25N3O6S/c1-16(20(26)25-22(15-23)11-3-2-4-12-22)31-21(27)17-7-9-19(10-8-17)32(28,29)24-14-18-6-5-13-30-18/h5-10,13,16,24H,2-4,11-12,14H2,1H3,(H,25,26). The molecular formula is C22H25N3O6S. The zero-order chi connectivity index (χ0) is 23.2. The number of nitriles is 1. The molecular weight excluding hydrogens is 434 g/mol. The summed E-state index contributed by atoms with van der Waals surface area (Å²) in [4.78, 5) is 24.8. The van der Waals surface area contributed by atoms with Crippen LogP contribution in [-0.2, 0) is 26.1 Å². The molecule has 1 aromatic heterocycles. The molecule has 3 rings (SSSR count). The first kappa shape index (κ1) is 23.5. The van der Waals surface area contributed by atoms with E-state index in [1.54, 1.807) is 12.1 Å². The Morgan fingerprint density at radius 1 is 1.19 bits per heavy atom. The van der Waals surface area contributed by atoms with E-state index in [1.165, 1.54) is 37.5 Å². The summed E-state index contributed by atoms with van der Waals surface area (Å²) >= 11 is 0. The number of rotatable bonds is 8. The van der Waals surface area contributed by atoms with Crippen molar-refractivity contribution in [3.63, 3.8) is 0 Å². The van der Waals surface area contributed by atoms with Crippen LogP contribution in [0.2, 0.25) is 0 Å². The average molecular weight is 460 g/mol. The third kappa shape index (κ3) is 5.75. The van der Waals surface area contributed by atoms with E-state index in [0.717, 1.165) is 19.3 Å². The van der Waals surface area contributed by atoms with Gasteiger partial charge in [-0.2, -0.15) is 5.26 Å². The third-order valence-electron chi connectivity index (χ3n) is 5.35. The molecule has 1 aliphatic carbocycles. The number of ether oxygens (including phenoxy) is 1. The van der Waals surface area contributed by atoms with Gasteiger partial charge in [-0.1, -0.05) is 19.3 Å². The molecule has 1 heterocycles. The SMILES string of the molecule is CC(OC(=O)c1ccc(S(=O)(=O)NCc2ccco2)cc1)C(=O)NC1(C#N)CCCCC1. The lowest BCUT2D eigenvalue weighted by Crippen LogP contribution is -2.52. The number of hydrogen-bond donors (Lipinski definition) is 2. The first-order valence-corrected chi connectivity index (χ1v) is 11.8. The van der Waals surface area contributed by atoms with Gasteiger partial charge in [0.15, 0.2) is 6.10 Å². The van der Waals surface area contributed by atoms with Crippen molar-refractivity contribution in [2.24, 2.45) is 0 Å². The van der Waals surface area contributed by atoms with Crippen LogP contribution in [0.3, 0.4) is 0 Å². The fourth-order valence-electron chi connectivity index (χ4n) is 3.47. The summed E-state index contributed by atoms with van der Waals surface area (Å²) in [5, 5.41) is 12.2. The van der Waals surface area contributed by atoms with E-state index < -0.39 is 33.5 Å². The number of carbonyl (C=O) groups is 2. The molecule has 2 aromatic rings. The minimum Gasteiger partial charge on any atom is -0.468 e. The quantitative estimate of drug-likeness (QED) is 0.579. The molecule has 0 spiro atoms. The second kappa shape index (κ2) is 9.97. The molecule has 1 aliphatic rings. The van der Waals surface area contributed by atoms with Crippen LogP contribution in [0.4, 0.5) is 0 Å². The Kier molecular flexibility index (Phi) is 7.33. The Balaban J connectivity index is 1.58.